The predicted octanol–water partition coefficient (Wildman–Crippen LogP) is 1.01. The molecule has 0 aromatic heterocycles. The van der Waals surface area contributed by atoms with E-state index in [9.17, 15) is 18.0 Å². The Labute approximate surface area is 85.8 Å². The molecule has 0 fully saturated rings. The first-order valence-corrected chi connectivity index (χ1v) is 4.61. The molecule has 90 valence electrons. The van der Waals surface area contributed by atoms with Crippen molar-refractivity contribution < 1.29 is 23.1 Å². The molecular formula is C8H15F3N2O2. The number of urea groups is 1. The summed E-state index contributed by atoms with van der Waals surface area (Å²) in [5.74, 6) is 0. The molecule has 0 aromatic rings. The number of carbonyl (C=O) groups is 1. The second-order valence-corrected chi connectivity index (χ2v) is 3.05. The number of hydrogen-bond donors (Lipinski definition) is 3. The summed E-state index contributed by atoms with van der Waals surface area (Å²) in [5.41, 5.74) is 0. The maximum atomic E-state index is 11.7. The van der Waals surface area contributed by atoms with Crippen LogP contribution in [0.2, 0.25) is 0 Å². The molecule has 1 atom stereocenters. The van der Waals surface area contributed by atoms with Crippen LogP contribution in [0.5, 0.6) is 0 Å². The van der Waals surface area contributed by atoms with Crippen molar-refractivity contribution in [3.05, 3.63) is 0 Å². The van der Waals surface area contributed by atoms with E-state index in [1.807, 2.05) is 0 Å². The van der Waals surface area contributed by atoms with Gasteiger partial charge < -0.3 is 15.7 Å². The Morgan fingerprint density at radius 2 is 2.07 bits per heavy atom. The van der Waals surface area contributed by atoms with Gasteiger partial charge in [-0.1, -0.05) is 6.92 Å². The van der Waals surface area contributed by atoms with Crippen LogP contribution >= 0.6 is 0 Å². The summed E-state index contributed by atoms with van der Waals surface area (Å²) in [6, 6.07) is -1.11. The van der Waals surface area contributed by atoms with Gasteiger partial charge in [0.1, 0.15) is 0 Å². The number of alkyl halides is 3. The highest BCUT2D eigenvalue weighted by Gasteiger charge is 2.26. The number of aliphatic hydroxyl groups is 1. The molecule has 4 nitrogen and oxygen atoms in total. The minimum atomic E-state index is -4.27. The Morgan fingerprint density at radius 1 is 1.47 bits per heavy atom. The fourth-order valence-corrected chi connectivity index (χ4v) is 0.831. The lowest BCUT2D eigenvalue weighted by Gasteiger charge is -2.15. The average molecular weight is 228 g/mol. The van der Waals surface area contributed by atoms with E-state index in [1.165, 1.54) is 0 Å². The predicted molar refractivity (Wildman–Crippen MR) is 48.4 cm³/mol. The third-order valence-corrected chi connectivity index (χ3v) is 1.74. The van der Waals surface area contributed by atoms with Crippen LogP contribution in [0.3, 0.4) is 0 Å². The average Bonchev–Trinajstić information content (AvgIpc) is 2.12. The monoisotopic (exact) mass is 228 g/mol. The third kappa shape index (κ3) is 8.04. The van der Waals surface area contributed by atoms with E-state index < -0.39 is 31.2 Å². The van der Waals surface area contributed by atoms with Gasteiger partial charge in [0.05, 0.1) is 19.1 Å². The van der Waals surface area contributed by atoms with Gasteiger partial charge in [-0.3, -0.25) is 0 Å². The summed E-state index contributed by atoms with van der Waals surface area (Å²) in [4.78, 5) is 11.0. The van der Waals surface area contributed by atoms with Gasteiger partial charge in [-0.2, -0.15) is 13.2 Å². The number of aliphatic hydroxyl groups excluding tert-OH is 1. The molecule has 1 unspecified atom stereocenters. The Hall–Kier alpha value is -0.980. The molecule has 2 amide bonds. The normalized spacial score (nSPS) is 13.4. The minimum Gasteiger partial charge on any atom is -0.394 e. The second kappa shape index (κ2) is 6.49. The lowest BCUT2D eigenvalue weighted by Crippen LogP contribution is -2.44. The summed E-state index contributed by atoms with van der Waals surface area (Å²) in [6.45, 7) is 1.05. The Kier molecular flexibility index (Phi) is 6.07. The van der Waals surface area contributed by atoms with Crippen LogP contribution in [0, 0.1) is 0 Å². The van der Waals surface area contributed by atoms with E-state index >= 15 is 0 Å². The molecule has 0 radical (unpaired) electrons. The molecule has 0 heterocycles. The second-order valence-electron chi connectivity index (χ2n) is 3.05. The van der Waals surface area contributed by atoms with Crippen molar-refractivity contribution in [2.75, 3.05) is 13.2 Å². The molecule has 0 bridgehead atoms. The third-order valence-electron chi connectivity index (χ3n) is 1.74. The number of nitrogens with one attached hydrogen (secondary N) is 2. The largest absolute Gasteiger partial charge is 0.394 e. The zero-order valence-corrected chi connectivity index (χ0v) is 8.40. The lowest BCUT2D eigenvalue weighted by atomic mass is 10.2. The fourth-order valence-electron chi connectivity index (χ4n) is 0.831. The molecular weight excluding hydrogens is 213 g/mol. The van der Waals surface area contributed by atoms with Crippen molar-refractivity contribution in [1.29, 1.82) is 0 Å². The topological polar surface area (TPSA) is 61.4 Å². The van der Waals surface area contributed by atoms with Crippen molar-refractivity contribution in [2.24, 2.45) is 0 Å². The first-order chi connectivity index (χ1) is 6.89. The molecule has 15 heavy (non-hydrogen) atoms. The zero-order valence-electron chi connectivity index (χ0n) is 8.40. The molecule has 0 aliphatic carbocycles. The molecule has 0 spiro atoms. The van der Waals surface area contributed by atoms with Gasteiger partial charge in [-0.05, 0) is 6.42 Å². The number of rotatable bonds is 5. The summed E-state index contributed by atoms with van der Waals surface area (Å²) in [5, 5.41) is 13.1. The van der Waals surface area contributed by atoms with Gasteiger partial charge in [0.2, 0.25) is 0 Å². The Bertz CT molecular complexity index is 193. The van der Waals surface area contributed by atoms with Gasteiger partial charge in [0.15, 0.2) is 0 Å². The minimum absolute atomic E-state index is 0.233. The molecule has 0 aromatic carbocycles. The van der Waals surface area contributed by atoms with Crippen molar-refractivity contribution >= 4 is 6.03 Å². The SMILES string of the molecule is CCC(CO)NC(=O)NCCC(F)(F)F. The van der Waals surface area contributed by atoms with E-state index in [4.69, 9.17) is 5.11 Å². The summed E-state index contributed by atoms with van der Waals surface area (Å²) in [7, 11) is 0. The smallest absolute Gasteiger partial charge is 0.390 e. The van der Waals surface area contributed by atoms with Crippen LogP contribution in [0.15, 0.2) is 0 Å². The molecule has 0 saturated heterocycles. The summed E-state index contributed by atoms with van der Waals surface area (Å²) < 4.78 is 35.1. The van der Waals surface area contributed by atoms with Crippen LogP contribution in [-0.4, -0.2) is 36.5 Å². The number of amides is 2. The number of halogens is 3. The van der Waals surface area contributed by atoms with Gasteiger partial charge in [-0.15, -0.1) is 0 Å². The molecule has 0 saturated carbocycles. The van der Waals surface area contributed by atoms with Crippen LogP contribution in [0.1, 0.15) is 19.8 Å². The number of carbonyl (C=O) groups excluding carboxylic acids is 1. The molecule has 0 aliphatic heterocycles. The fraction of sp³-hybridized carbons (Fsp3) is 0.875. The van der Waals surface area contributed by atoms with Crippen molar-refractivity contribution in [2.45, 2.75) is 32.0 Å². The molecule has 0 rings (SSSR count). The molecule has 7 heteroatoms. The van der Waals surface area contributed by atoms with Gasteiger partial charge >= 0.3 is 12.2 Å². The lowest BCUT2D eigenvalue weighted by molar-refractivity contribution is -0.132. The first kappa shape index (κ1) is 14.0. The van der Waals surface area contributed by atoms with E-state index in [0.29, 0.717) is 6.42 Å². The number of hydrogen-bond acceptors (Lipinski definition) is 2. The van der Waals surface area contributed by atoms with Crippen LogP contribution in [0.25, 0.3) is 0 Å². The highest BCUT2D eigenvalue weighted by atomic mass is 19.4. The molecule has 0 aliphatic rings. The zero-order chi connectivity index (χ0) is 11.9. The summed E-state index contributed by atoms with van der Waals surface area (Å²) >= 11 is 0. The van der Waals surface area contributed by atoms with E-state index in [0.717, 1.165) is 0 Å². The van der Waals surface area contributed by atoms with Gasteiger partial charge in [-0.25, -0.2) is 4.79 Å². The van der Waals surface area contributed by atoms with Crippen LogP contribution < -0.4 is 10.6 Å². The highest BCUT2D eigenvalue weighted by Crippen LogP contribution is 2.17. The van der Waals surface area contributed by atoms with Crippen LogP contribution in [0.4, 0.5) is 18.0 Å². The quantitative estimate of drug-likeness (QED) is 0.657. The Morgan fingerprint density at radius 3 is 2.47 bits per heavy atom. The van der Waals surface area contributed by atoms with E-state index in [2.05, 4.69) is 10.6 Å². The first-order valence-electron chi connectivity index (χ1n) is 4.61. The van der Waals surface area contributed by atoms with Gasteiger partial charge in [0.25, 0.3) is 0 Å². The van der Waals surface area contributed by atoms with E-state index in [1.54, 1.807) is 6.92 Å². The maximum absolute atomic E-state index is 11.7. The summed E-state index contributed by atoms with van der Waals surface area (Å²) in [6.07, 6.45) is -4.81. The Balaban J connectivity index is 3.66. The van der Waals surface area contributed by atoms with Crippen molar-refractivity contribution in [3.8, 4) is 0 Å². The maximum Gasteiger partial charge on any atom is 0.390 e. The molecule has 3 N–H and O–H groups in total. The standard InChI is InChI=1S/C8H15F3N2O2/c1-2-6(5-14)13-7(15)12-4-3-8(9,10)11/h6,14H,2-5H2,1H3,(H2,12,13,15). The van der Waals surface area contributed by atoms with Crippen LogP contribution in [-0.2, 0) is 0 Å². The highest BCUT2D eigenvalue weighted by molar-refractivity contribution is 5.74. The van der Waals surface area contributed by atoms with Crippen molar-refractivity contribution in [1.82, 2.24) is 10.6 Å². The van der Waals surface area contributed by atoms with Crippen molar-refractivity contribution in [3.63, 3.8) is 0 Å². The van der Waals surface area contributed by atoms with E-state index in [-0.39, 0.29) is 6.61 Å². The van der Waals surface area contributed by atoms with Gasteiger partial charge in [0, 0.05) is 6.54 Å².